The van der Waals surface area contributed by atoms with Crippen LogP contribution in [0.5, 0.6) is 11.5 Å². The van der Waals surface area contributed by atoms with Gasteiger partial charge in [-0.25, -0.2) is 16.8 Å². The van der Waals surface area contributed by atoms with E-state index in [2.05, 4.69) is 10.2 Å². The number of fused-ring (bicyclic) bond motifs is 1. The molecule has 3 aromatic rings. The third kappa shape index (κ3) is 6.05. The number of methoxy groups -OCH3 is 1. The second-order valence-corrected chi connectivity index (χ2v) is 8.40. The first kappa shape index (κ1) is 28.0. The molecule has 10 nitrogen and oxygen atoms in total. The topological polar surface area (TPSA) is 169 Å². The van der Waals surface area contributed by atoms with Crippen LogP contribution in [0.15, 0.2) is 68.6 Å². The van der Waals surface area contributed by atoms with E-state index >= 15 is 0 Å². The zero-order valence-corrected chi connectivity index (χ0v) is 22.3. The number of nitrogens with zero attached hydrogens (tertiary/aromatic N) is 2. The number of azo groups is 1. The molecule has 152 valence electrons. The van der Waals surface area contributed by atoms with Crippen LogP contribution in [0.25, 0.3) is 10.8 Å². The van der Waals surface area contributed by atoms with Gasteiger partial charge >= 0.3 is 59.1 Å². The Bertz CT molecular complexity index is 1360. The largest absolute Gasteiger partial charge is 1.00 e. The second kappa shape index (κ2) is 10.7. The molecule has 31 heavy (non-hydrogen) atoms. The van der Waals surface area contributed by atoms with Crippen LogP contribution in [-0.4, -0.2) is 38.2 Å². The Hall–Kier alpha value is -1.06. The van der Waals surface area contributed by atoms with Crippen molar-refractivity contribution in [1.82, 2.24) is 0 Å². The van der Waals surface area contributed by atoms with Gasteiger partial charge in [0.05, 0.1) is 16.9 Å². The van der Waals surface area contributed by atoms with E-state index in [1.165, 1.54) is 25.3 Å². The van der Waals surface area contributed by atoms with Gasteiger partial charge in [0.1, 0.15) is 37.4 Å². The fourth-order valence-corrected chi connectivity index (χ4v) is 4.03. The predicted molar refractivity (Wildman–Crippen MR) is 98.7 cm³/mol. The number of para-hydroxylation sites is 1. The van der Waals surface area contributed by atoms with E-state index in [1.807, 2.05) is 0 Å². The maximum atomic E-state index is 11.7. The predicted octanol–water partition coefficient (Wildman–Crippen LogP) is -3.21. The van der Waals surface area contributed by atoms with E-state index in [0.29, 0.717) is 0 Å². The van der Waals surface area contributed by atoms with E-state index < -0.39 is 46.9 Å². The van der Waals surface area contributed by atoms with Crippen LogP contribution in [0.4, 0.5) is 11.4 Å². The molecule has 3 rings (SSSR count). The molecule has 0 heterocycles. The summed E-state index contributed by atoms with van der Waals surface area (Å²) in [5, 5.41) is 17.4. The van der Waals surface area contributed by atoms with Crippen molar-refractivity contribution in [2.75, 3.05) is 7.11 Å². The normalized spacial score (nSPS) is 11.7. The SMILES string of the molecule is COc1ccccc1N=Nc1c(S(=O)(=O)[O-])cc2cccc(S(=O)(=O)[O-])c2c1O.[Na+].[Na+]. The third-order valence-electron chi connectivity index (χ3n) is 3.92. The van der Waals surface area contributed by atoms with E-state index in [0.717, 1.165) is 12.1 Å². The Balaban J connectivity index is 0.00000240. The van der Waals surface area contributed by atoms with Crippen molar-refractivity contribution < 1.29 is 94.9 Å². The van der Waals surface area contributed by atoms with Crippen molar-refractivity contribution in [2.45, 2.75) is 9.79 Å². The van der Waals surface area contributed by atoms with Crippen LogP contribution in [-0.2, 0) is 20.2 Å². The molecule has 0 saturated heterocycles. The van der Waals surface area contributed by atoms with Gasteiger partial charge < -0.3 is 18.9 Å². The van der Waals surface area contributed by atoms with Crippen LogP contribution in [0.1, 0.15) is 0 Å². The van der Waals surface area contributed by atoms with E-state index in [1.54, 1.807) is 18.2 Å². The van der Waals surface area contributed by atoms with Gasteiger partial charge in [0, 0.05) is 5.39 Å². The average molecular weight is 482 g/mol. The van der Waals surface area contributed by atoms with Crippen LogP contribution >= 0.6 is 0 Å². The van der Waals surface area contributed by atoms with E-state index in [-0.39, 0.29) is 75.9 Å². The smallest absolute Gasteiger partial charge is 0.744 e. The summed E-state index contributed by atoms with van der Waals surface area (Å²) in [5.74, 6) is -0.712. The Kier molecular flexibility index (Phi) is 9.66. The molecule has 0 aliphatic carbocycles. The van der Waals surface area contributed by atoms with E-state index in [4.69, 9.17) is 4.74 Å². The molecule has 0 aromatic heterocycles. The first-order valence-electron chi connectivity index (χ1n) is 7.79. The molecule has 1 N–H and O–H groups in total. The molecular formula is C17H12N2Na2O8S2. The third-order valence-corrected chi connectivity index (χ3v) is 5.65. The van der Waals surface area contributed by atoms with Gasteiger partial charge in [-0.1, -0.05) is 24.3 Å². The monoisotopic (exact) mass is 482 g/mol. The molecule has 0 saturated carbocycles. The zero-order chi connectivity index (χ0) is 21.4. The molecule has 0 spiro atoms. The van der Waals surface area contributed by atoms with Gasteiger partial charge in [0.25, 0.3) is 0 Å². The van der Waals surface area contributed by atoms with Gasteiger partial charge in [0.15, 0.2) is 5.75 Å². The number of aromatic hydroxyl groups is 1. The molecule has 0 fully saturated rings. The summed E-state index contributed by atoms with van der Waals surface area (Å²) in [7, 11) is -8.80. The summed E-state index contributed by atoms with van der Waals surface area (Å²) < 4.78 is 74.8. The van der Waals surface area contributed by atoms with Crippen molar-refractivity contribution in [3.8, 4) is 11.5 Å². The number of benzene rings is 3. The fourth-order valence-electron chi connectivity index (χ4n) is 2.68. The zero-order valence-electron chi connectivity index (χ0n) is 16.6. The summed E-state index contributed by atoms with van der Waals surface area (Å²) in [6.07, 6.45) is 0. The van der Waals surface area contributed by atoms with Gasteiger partial charge in [-0.15, -0.1) is 10.2 Å². The minimum Gasteiger partial charge on any atom is -0.744 e. The first-order chi connectivity index (χ1) is 13.5. The Morgan fingerprint density at radius 3 is 2.06 bits per heavy atom. The fraction of sp³-hybridized carbons (Fsp3) is 0.0588. The minimum absolute atomic E-state index is 0. The molecule has 0 amide bonds. The average Bonchev–Trinajstić information content (AvgIpc) is 2.65. The summed E-state index contributed by atoms with van der Waals surface area (Å²) in [6, 6.07) is 10.4. The number of hydrogen-bond donors (Lipinski definition) is 1. The molecule has 0 aliphatic rings. The maximum absolute atomic E-state index is 11.7. The van der Waals surface area contributed by atoms with Crippen LogP contribution in [0, 0.1) is 0 Å². The standard InChI is InChI=1S/C17H14N2O8S2.2Na/c1-27-12-7-3-2-6-11(12)18-19-16-14(29(24,25)26)9-10-5-4-8-13(28(21,22)23)15(10)17(16)20;;/h2-9,20H,1H3,(H,21,22,23)(H,24,25,26);;/q;2*+1/p-2. The minimum atomic E-state index is -5.14. The summed E-state index contributed by atoms with van der Waals surface area (Å²) >= 11 is 0. The molecule has 14 heteroatoms. The number of hydrogen-bond acceptors (Lipinski definition) is 10. The van der Waals surface area contributed by atoms with Crippen molar-refractivity contribution >= 4 is 42.4 Å². The summed E-state index contributed by atoms with van der Waals surface area (Å²) in [6.45, 7) is 0. The van der Waals surface area contributed by atoms with Gasteiger partial charge in [0.2, 0.25) is 0 Å². The van der Waals surface area contributed by atoms with Crippen molar-refractivity contribution in [3.05, 3.63) is 48.5 Å². The van der Waals surface area contributed by atoms with Crippen molar-refractivity contribution in [3.63, 3.8) is 0 Å². The van der Waals surface area contributed by atoms with Crippen LogP contribution < -0.4 is 63.9 Å². The Morgan fingerprint density at radius 2 is 1.48 bits per heavy atom. The van der Waals surface area contributed by atoms with Crippen LogP contribution in [0.2, 0.25) is 0 Å². The number of phenolic OH excluding ortho intramolecular Hbond substituents is 1. The molecule has 0 atom stereocenters. The molecule has 0 unspecified atom stereocenters. The van der Waals surface area contributed by atoms with Gasteiger partial charge in [-0.2, -0.15) is 0 Å². The summed E-state index contributed by atoms with van der Waals surface area (Å²) in [5.41, 5.74) is -0.650. The molecule has 0 radical (unpaired) electrons. The number of phenols is 1. The Morgan fingerprint density at radius 1 is 0.871 bits per heavy atom. The number of ether oxygens (including phenoxy) is 1. The first-order valence-corrected chi connectivity index (χ1v) is 10.6. The molecular weight excluding hydrogens is 470 g/mol. The molecule has 3 aromatic carbocycles. The maximum Gasteiger partial charge on any atom is 1.00 e. The number of rotatable bonds is 5. The summed E-state index contributed by atoms with van der Waals surface area (Å²) in [4.78, 5) is -1.72. The molecule has 0 aliphatic heterocycles. The van der Waals surface area contributed by atoms with E-state index in [9.17, 15) is 31.0 Å². The second-order valence-electron chi connectivity index (χ2n) is 5.71. The van der Waals surface area contributed by atoms with Crippen molar-refractivity contribution in [1.29, 1.82) is 0 Å². The van der Waals surface area contributed by atoms with Gasteiger partial charge in [-0.3, -0.25) is 0 Å². The van der Waals surface area contributed by atoms with Crippen molar-refractivity contribution in [2.24, 2.45) is 10.2 Å². The quantitative estimate of drug-likeness (QED) is 0.225. The Labute approximate surface area is 222 Å². The van der Waals surface area contributed by atoms with Crippen LogP contribution in [0.3, 0.4) is 0 Å². The van der Waals surface area contributed by atoms with Gasteiger partial charge in [-0.05, 0) is 29.7 Å². The molecule has 0 bridgehead atoms.